The molecule has 9 heteroatoms. The lowest BCUT2D eigenvalue weighted by molar-refractivity contribution is -0.0852. The summed E-state index contributed by atoms with van der Waals surface area (Å²) >= 11 is 6.13. The molecule has 5 heterocycles. The zero-order valence-corrected chi connectivity index (χ0v) is 19.7. The third-order valence-electron chi connectivity index (χ3n) is 6.97. The van der Waals surface area contributed by atoms with Crippen LogP contribution in [0.1, 0.15) is 5.69 Å². The van der Waals surface area contributed by atoms with Gasteiger partial charge in [0.15, 0.2) is 0 Å². The lowest BCUT2D eigenvalue weighted by Gasteiger charge is -2.51. The number of imidazole rings is 1. The fourth-order valence-corrected chi connectivity index (χ4v) is 5.48. The number of halogens is 1. The number of hydrogen-bond donors (Lipinski definition) is 0. The summed E-state index contributed by atoms with van der Waals surface area (Å²) in [6.07, 6.45) is 2.07. The standard InChI is InChI=1S/C25H28ClN5O3/c26-19-6-4-18(5-7-19)24-22(30-8-2-1-3-23(30)27-24)15-28-13-20-16-34-17-21(14-28)31(20)25(32)29-9-11-33-12-10-29/h1-8,20-21H,9-17H2. The second kappa shape index (κ2) is 9.19. The summed E-state index contributed by atoms with van der Waals surface area (Å²) in [6, 6.07) is 14.1. The van der Waals surface area contributed by atoms with E-state index in [1.165, 1.54) is 0 Å². The molecule has 2 bridgehead atoms. The lowest BCUT2D eigenvalue weighted by Crippen LogP contribution is -2.68. The number of aromatic nitrogens is 2. The summed E-state index contributed by atoms with van der Waals surface area (Å²) in [7, 11) is 0. The molecule has 6 rings (SSSR count). The lowest BCUT2D eigenvalue weighted by atomic mass is 10.0. The molecule has 2 aromatic heterocycles. The minimum absolute atomic E-state index is 0.0426. The fraction of sp³-hybridized carbons (Fsp3) is 0.440. The highest BCUT2D eigenvalue weighted by Crippen LogP contribution is 2.29. The number of rotatable bonds is 3. The van der Waals surface area contributed by atoms with Crippen molar-refractivity contribution in [3.63, 3.8) is 0 Å². The quantitative estimate of drug-likeness (QED) is 0.575. The molecule has 0 spiro atoms. The van der Waals surface area contributed by atoms with Gasteiger partial charge in [0.2, 0.25) is 0 Å². The molecule has 0 saturated carbocycles. The van der Waals surface area contributed by atoms with Gasteiger partial charge in [-0.15, -0.1) is 0 Å². The van der Waals surface area contributed by atoms with Crippen molar-refractivity contribution in [1.29, 1.82) is 0 Å². The molecule has 2 unspecified atom stereocenters. The Labute approximate surface area is 203 Å². The van der Waals surface area contributed by atoms with E-state index < -0.39 is 0 Å². The van der Waals surface area contributed by atoms with Crippen molar-refractivity contribution in [2.75, 3.05) is 52.6 Å². The molecule has 178 valence electrons. The first-order valence-corrected chi connectivity index (χ1v) is 12.2. The Balaban J connectivity index is 1.27. The number of carbonyl (C=O) groups is 1. The Bertz CT molecular complexity index is 1160. The van der Waals surface area contributed by atoms with Crippen LogP contribution in [0.2, 0.25) is 5.02 Å². The molecule has 34 heavy (non-hydrogen) atoms. The number of ether oxygens (including phenoxy) is 2. The molecule has 2 amide bonds. The highest BCUT2D eigenvalue weighted by atomic mass is 35.5. The van der Waals surface area contributed by atoms with Gasteiger partial charge >= 0.3 is 6.03 Å². The number of benzene rings is 1. The number of fused-ring (bicyclic) bond motifs is 3. The van der Waals surface area contributed by atoms with E-state index in [1.54, 1.807) is 0 Å². The van der Waals surface area contributed by atoms with Crippen LogP contribution in [0.25, 0.3) is 16.9 Å². The molecule has 3 saturated heterocycles. The molecule has 0 aliphatic carbocycles. The van der Waals surface area contributed by atoms with Crippen molar-refractivity contribution in [2.45, 2.75) is 18.6 Å². The summed E-state index contributed by atoms with van der Waals surface area (Å²) < 4.78 is 13.5. The Morgan fingerprint density at radius 2 is 1.74 bits per heavy atom. The predicted molar refractivity (Wildman–Crippen MR) is 129 cm³/mol. The predicted octanol–water partition coefficient (Wildman–Crippen LogP) is 2.99. The van der Waals surface area contributed by atoms with Crippen molar-refractivity contribution in [2.24, 2.45) is 0 Å². The van der Waals surface area contributed by atoms with Gasteiger partial charge < -0.3 is 23.7 Å². The van der Waals surface area contributed by atoms with Crippen molar-refractivity contribution < 1.29 is 14.3 Å². The molecule has 3 aromatic rings. The zero-order chi connectivity index (χ0) is 23.1. The van der Waals surface area contributed by atoms with Crippen LogP contribution >= 0.6 is 11.6 Å². The molecule has 3 aliphatic rings. The molecular formula is C25H28ClN5O3. The number of morpholine rings is 2. The van der Waals surface area contributed by atoms with Crippen molar-refractivity contribution in [3.05, 3.63) is 59.4 Å². The van der Waals surface area contributed by atoms with Gasteiger partial charge in [-0.25, -0.2) is 9.78 Å². The summed E-state index contributed by atoms with van der Waals surface area (Å²) in [6.45, 7) is 5.96. The Kier molecular flexibility index (Phi) is 5.90. The van der Waals surface area contributed by atoms with E-state index in [0.29, 0.717) is 44.5 Å². The number of hydrogen-bond acceptors (Lipinski definition) is 5. The Morgan fingerprint density at radius 1 is 1.00 bits per heavy atom. The number of nitrogens with zero attached hydrogens (tertiary/aromatic N) is 5. The van der Waals surface area contributed by atoms with E-state index >= 15 is 0 Å². The monoisotopic (exact) mass is 481 g/mol. The minimum atomic E-state index is 0.0426. The fourth-order valence-electron chi connectivity index (χ4n) is 5.36. The van der Waals surface area contributed by atoms with E-state index in [0.717, 1.165) is 42.2 Å². The van der Waals surface area contributed by atoms with E-state index in [4.69, 9.17) is 26.1 Å². The largest absolute Gasteiger partial charge is 0.378 e. The number of piperazine rings is 1. The van der Waals surface area contributed by atoms with Gasteiger partial charge in [0.05, 0.1) is 49.9 Å². The average Bonchev–Trinajstić information content (AvgIpc) is 3.22. The third-order valence-corrected chi connectivity index (χ3v) is 7.22. The number of carbonyl (C=O) groups excluding carboxylic acids is 1. The van der Waals surface area contributed by atoms with Crippen LogP contribution in [0.15, 0.2) is 48.7 Å². The van der Waals surface area contributed by atoms with E-state index in [9.17, 15) is 4.79 Å². The highest BCUT2D eigenvalue weighted by Gasteiger charge is 2.42. The van der Waals surface area contributed by atoms with E-state index in [-0.39, 0.29) is 18.1 Å². The van der Waals surface area contributed by atoms with Crippen LogP contribution in [0, 0.1) is 0 Å². The van der Waals surface area contributed by atoms with Gasteiger partial charge in [0.25, 0.3) is 0 Å². The van der Waals surface area contributed by atoms with Crippen LogP contribution in [0.3, 0.4) is 0 Å². The van der Waals surface area contributed by atoms with Crippen LogP contribution in [-0.2, 0) is 16.0 Å². The van der Waals surface area contributed by atoms with Crippen LogP contribution in [0.5, 0.6) is 0 Å². The third kappa shape index (κ3) is 4.05. The van der Waals surface area contributed by atoms with Crippen molar-refractivity contribution in [3.8, 4) is 11.3 Å². The van der Waals surface area contributed by atoms with Gasteiger partial charge in [-0.2, -0.15) is 0 Å². The summed E-state index contributed by atoms with van der Waals surface area (Å²) in [4.78, 5) is 24.7. The maximum absolute atomic E-state index is 13.3. The second-order valence-corrected chi connectivity index (χ2v) is 9.61. The average molecular weight is 482 g/mol. The molecule has 3 aliphatic heterocycles. The smallest absolute Gasteiger partial charge is 0.320 e. The van der Waals surface area contributed by atoms with Gasteiger partial charge in [0.1, 0.15) is 5.65 Å². The van der Waals surface area contributed by atoms with Crippen LogP contribution < -0.4 is 0 Å². The van der Waals surface area contributed by atoms with Crippen LogP contribution in [0.4, 0.5) is 4.79 Å². The summed E-state index contributed by atoms with van der Waals surface area (Å²) in [5, 5.41) is 0.711. The minimum Gasteiger partial charge on any atom is -0.378 e. The van der Waals surface area contributed by atoms with Gasteiger partial charge in [-0.3, -0.25) is 4.90 Å². The number of urea groups is 1. The first-order valence-electron chi connectivity index (χ1n) is 11.8. The first kappa shape index (κ1) is 21.9. The Morgan fingerprint density at radius 3 is 2.47 bits per heavy atom. The van der Waals surface area contributed by atoms with E-state index in [1.807, 2.05) is 47.4 Å². The SMILES string of the molecule is O=C(N1CCOCC1)N1C2COCC1CN(Cc1c(-c3ccc(Cl)cc3)nc3ccccn13)C2. The molecular weight excluding hydrogens is 454 g/mol. The molecule has 0 radical (unpaired) electrons. The Hall–Kier alpha value is -2.65. The molecule has 0 N–H and O–H groups in total. The topological polar surface area (TPSA) is 62.6 Å². The maximum Gasteiger partial charge on any atom is 0.320 e. The molecule has 3 fully saturated rings. The normalized spacial score (nSPS) is 23.4. The highest BCUT2D eigenvalue weighted by molar-refractivity contribution is 6.30. The summed E-state index contributed by atoms with van der Waals surface area (Å²) in [5.74, 6) is 0. The van der Waals surface area contributed by atoms with Gasteiger partial charge in [-0.1, -0.05) is 29.8 Å². The van der Waals surface area contributed by atoms with Gasteiger partial charge in [0, 0.05) is 49.5 Å². The van der Waals surface area contributed by atoms with E-state index in [2.05, 4.69) is 20.4 Å². The first-order chi connectivity index (χ1) is 16.7. The molecule has 1 aromatic carbocycles. The van der Waals surface area contributed by atoms with Crippen molar-refractivity contribution in [1.82, 2.24) is 24.1 Å². The molecule has 8 nitrogen and oxygen atoms in total. The van der Waals surface area contributed by atoms with Crippen LogP contribution in [-0.4, -0.2) is 94.8 Å². The zero-order valence-electron chi connectivity index (χ0n) is 19.0. The maximum atomic E-state index is 13.3. The second-order valence-electron chi connectivity index (χ2n) is 9.17. The molecule has 2 atom stereocenters. The summed E-state index contributed by atoms with van der Waals surface area (Å²) in [5.41, 5.74) is 4.08. The number of pyridine rings is 1. The van der Waals surface area contributed by atoms with Crippen molar-refractivity contribution >= 4 is 23.3 Å². The number of amides is 2. The van der Waals surface area contributed by atoms with Gasteiger partial charge in [-0.05, 0) is 24.3 Å².